The maximum absolute atomic E-state index is 14.7. The molecule has 8 heteroatoms. The summed E-state index contributed by atoms with van der Waals surface area (Å²) in [5, 5.41) is 0. The molecule has 1 saturated heterocycles. The van der Waals surface area contributed by atoms with Gasteiger partial charge in [0.2, 0.25) is 5.56 Å². The molecule has 1 unspecified atom stereocenters. The summed E-state index contributed by atoms with van der Waals surface area (Å²) >= 11 is 0. The van der Waals surface area contributed by atoms with E-state index in [4.69, 9.17) is 24.7 Å². The van der Waals surface area contributed by atoms with Crippen molar-refractivity contribution < 1.29 is 9.13 Å². The van der Waals surface area contributed by atoms with Crippen molar-refractivity contribution in [2.45, 2.75) is 64.6 Å². The van der Waals surface area contributed by atoms with E-state index >= 15 is 0 Å². The van der Waals surface area contributed by atoms with Crippen molar-refractivity contribution >= 4 is 16.7 Å². The third-order valence-electron chi connectivity index (χ3n) is 7.14. The zero-order valence-corrected chi connectivity index (χ0v) is 20.8. The van der Waals surface area contributed by atoms with Gasteiger partial charge in [0, 0.05) is 43.3 Å². The van der Waals surface area contributed by atoms with Crippen LogP contribution in [0.25, 0.3) is 16.7 Å². The number of aryl methyl sites for hydroxylation is 3. The number of ether oxygens (including phenoxy) is 1. The number of nitrogens with zero attached hydrogens (tertiary/aromatic N) is 5. The third-order valence-corrected chi connectivity index (χ3v) is 7.14. The van der Waals surface area contributed by atoms with Gasteiger partial charge >= 0.3 is 0 Å². The van der Waals surface area contributed by atoms with Crippen LogP contribution >= 0.6 is 0 Å². The molecule has 1 fully saturated rings. The van der Waals surface area contributed by atoms with Gasteiger partial charge in [0.1, 0.15) is 22.7 Å². The number of rotatable bonds is 4. The number of alkyl halides is 1. The Morgan fingerprint density at radius 2 is 1.91 bits per heavy atom. The van der Waals surface area contributed by atoms with Gasteiger partial charge in [-0.1, -0.05) is 0 Å². The van der Waals surface area contributed by atoms with Gasteiger partial charge in [-0.05, 0) is 64.7 Å². The van der Waals surface area contributed by atoms with E-state index in [2.05, 4.69) is 5.73 Å². The molecule has 0 saturated carbocycles. The second kappa shape index (κ2) is 8.77. The van der Waals surface area contributed by atoms with Gasteiger partial charge in [0.25, 0.3) is 0 Å². The molecular formula is C27H30FN5O2. The van der Waals surface area contributed by atoms with E-state index in [1.54, 1.807) is 31.5 Å². The summed E-state index contributed by atoms with van der Waals surface area (Å²) < 4.78 is 22.3. The average Bonchev–Trinajstić information content (AvgIpc) is 3.32. The standard InChI is InChI=1S/C27H30FN5O2/c1-15-16(2)30-26-24(29-15)23(17-6-8-20(12-17)27(3,4)28)31-25(32-26)18-10-11-35-21(13-18)19-7-9-22(34)33(5)14-19/h7-9,14,18,20-21H,10-13H2,1-5H3/t18-,20?,21+/m0/s1. The first-order valence-electron chi connectivity index (χ1n) is 12.1. The van der Waals surface area contributed by atoms with E-state index in [9.17, 15) is 9.18 Å². The summed E-state index contributed by atoms with van der Waals surface area (Å²) in [5.41, 5.74) is 7.18. The average molecular weight is 476 g/mol. The number of halogens is 1. The van der Waals surface area contributed by atoms with Crippen molar-refractivity contribution in [1.29, 1.82) is 0 Å². The molecule has 0 radical (unpaired) electrons. The van der Waals surface area contributed by atoms with Crippen molar-refractivity contribution in [2.24, 2.45) is 13.0 Å². The van der Waals surface area contributed by atoms with Crippen molar-refractivity contribution in [3.63, 3.8) is 0 Å². The third kappa shape index (κ3) is 4.56. The SMILES string of the molecule is Cc1nc2nc([C@H]3CCO[C@@H](c4ccc(=O)n(C)c4)C3)nc(C3=C=CC(C(C)(C)F)C3)c2nc1C. The number of fused-ring (bicyclic) bond motifs is 1. The van der Waals surface area contributed by atoms with Gasteiger partial charge in [0.15, 0.2) is 5.65 Å². The lowest BCUT2D eigenvalue weighted by atomic mass is 9.89. The van der Waals surface area contributed by atoms with Crippen LogP contribution < -0.4 is 5.56 Å². The molecule has 3 aromatic rings. The summed E-state index contributed by atoms with van der Waals surface area (Å²) in [6, 6.07) is 3.39. The second-order valence-corrected chi connectivity index (χ2v) is 10.2. The molecule has 0 bridgehead atoms. The zero-order chi connectivity index (χ0) is 24.9. The molecule has 3 aromatic heterocycles. The Morgan fingerprint density at radius 3 is 2.63 bits per heavy atom. The Morgan fingerprint density at radius 1 is 1.14 bits per heavy atom. The van der Waals surface area contributed by atoms with E-state index in [1.165, 1.54) is 0 Å². The lowest BCUT2D eigenvalue weighted by Crippen LogP contribution is -2.23. The molecule has 0 amide bonds. The predicted octanol–water partition coefficient (Wildman–Crippen LogP) is 4.68. The van der Waals surface area contributed by atoms with Crippen LogP contribution in [0.2, 0.25) is 0 Å². The summed E-state index contributed by atoms with van der Waals surface area (Å²) in [5.74, 6) is 0.486. The molecule has 1 aliphatic heterocycles. The molecule has 1 aliphatic carbocycles. The summed E-state index contributed by atoms with van der Waals surface area (Å²) in [6.45, 7) is 7.59. The first-order chi connectivity index (χ1) is 16.6. The first kappa shape index (κ1) is 23.5. The van der Waals surface area contributed by atoms with E-state index in [1.807, 2.05) is 32.2 Å². The van der Waals surface area contributed by atoms with Crippen LogP contribution in [0.15, 0.2) is 34.9 Å². The lowest BCUT2D eigenvalue weighted by molar-refractivity contribution is 0.00362. The molecule has 5 rings (SSSR count). The second-order valence-electron chi connectivity index (χ2n) is 10.2. The van der Waals surface area contributed by atoms with Crippen LogP contribution in [-0.2, 0) is 11.8 Å². The molecule has 35 heavy (non-hydrogen) atoms. The summed E-state index contributed by atoms with van der Waals surface area (Å²) in [7, 11) is 1.74. The Labute approximate surface area is 203 Å². The van der Waals surface area contributed by atoms with Gasteiger partial charge in [0.05, 0.1) is 17.5 Å². The fourth-order valence-electron chi connectivity index (χ4n) is 4.74. The Hall–Kier alpha value is -3.22. The number of aromatic nitrogens is 5. The lowest BCUT2D eigenvalue weighted by Gasteiger charge is -2.29. The monoisotopic (exact) mass is 475 g/mol. The zero-order valence-electron chi connectivity index (χ0n) is 20.8. The number of hydrogen-bond acceptors (Lipinski definition) is 6. The minimum atomic E-state index is -1.34. The highest BCUT2D eigenvalue weighted by molar-refractivity contribution is 5.85. The highest BCUT2D eigenvalue weighted by Gasteiger charge is 2.33. The molecule has 0 spiro atoms. The van der Waals surface area contributed by atoms with Gasteiger partial charge in [-0.2, -0.15) is 0 Å². The maximum Gasteiger partial charge on any atom is 0.250 e. The van der Waals surface area contributed by atoms with Crippen LogP contribution in [-0.4, -0.2) is 36.8 Å². The predicted molar refractivity (Wildman–Crippen MR) is 132 cm³/mol. The number of allylic oxidation sites excluding steroid dienone is 1. The van der Waals surface area contributed by atoms with Crippen LogP contribution in [0.5, 0.6) is 0 Å². The van der Waals surface area contributed by atoms with Gasteiger partial charge in [-0.25, -0.2) is 24.3 Å². The molecule has 3 atom stereocenters. The maximum atomic E-state index is 14.7. The Kier molecular flexibility index (Phi) is 5.90. The topological polar surface area (TPSA) is 82.8 Å². The summed E-state index contributed by atoms with van der Waals surface area (Å²) in [4.78, 5) is 31.1. The van der Waals surface area contributed by atoms with Gasteiger partial charge < -0.3 is 9.30 Å². The highest BCUT2D eigenvalue weighted by Crippen LogP contribution is 2.39. The minimum absolute atomic E-state index is 0.0527. The molecule has 182 valence electrons. The quantitative estimate of drug-likeness (QED) is 0.510. The Balaban J connectivity index is 1.54. The van der Waals surface area contributed by atoms with Crippen LogP contribution in [0.1, 0.15) is 73.6 Å². The molecule has 0 aromatic carbocycles. The fraction of sp³-hybridized carbons (Fsp3) is 0.481. The van der Waals surface area contributed by atoms with Crippen LogP contribution in [0.4, 0.5) is 4.39 Å². The van der Waals surface area contributed by atoms with Crippen molar-refractivity contribution in [3.8, 4) is 0 Å². The number of hydrogen-bond donors (Lipinski definition) is 0. The minimum Gasteiger partial charge on any atom is -0.373 e. The molecular weight excluding hydrogens is 445 g/mol. The van der Waals surface area contributed by atoms with Crippen molar-refractivity contribution in [1.82, 2.24) is 24.5 Å². The van der Waals surface area contributed by atoms with Crippen LogP contribution in [0.3, 0.4) is 0 Å². The Bertz CT molecular complexity index is 1430. The normalized spacial score (nSPS) is 22.6. The van der Waals surface area contributed by atoms with E-state index in [0.29, 0.717) is 42.1 Å². The van der Waals surface area contributed by atoms with E-state index in [0.717, 1.165) is 28.9 Å². The largest absolute Gasteiger partial charge is 0.373 e. The van der Waals surface area contributed by atoms with Gasteiger partial charge in [-0.3, -0.25) is 4.79 Å². The number of pyridine rings is 1. The highest BCUT2D eigenvalue weighted by atomic mass is 19.1. The molecule has 7 nitrogen and oxygen atoms in total. The van der Waals surface area contributed by atoms with E-state index in [-0.39, 0.29) is 23.5 Å². The van der Waals surface area contributed by atoms with E-state index < -0.39 is 5.67 Å². The van der Waals surface area contributed by atoms with Gasteiger partial charge in [-0.15, -0.1) is 5.73 Å². The smallest absolute Gasteiger partial charge is 0.250 e. The van der Waals surface area contributed by atoms with Crippen molar-refractivity contribution in [2.75, 3.05) is 6.61 Å². The van der Waals surface area contributed by atoms with Crippen LogP contribution in [0, 0.1) is 19.8 Å². The first-order valence-corrected chi connectivity index (χ1v) is 12.1. The molecule has 4 heterocycles. The summed E-state index contributed by atoms with van der Waals surface area (Å²) in [6.07, 6.45) is 5.46. The molecule has 2 aliphatic rings. The fourth-order valence-corrected chi connectivity index (χ4v) is 4.74. The molecule has 0 N–H and O–H groups in total. The van der Waals surface area contributed by atoms with Crippen molar-refractivity contribution in [3.05, 3.63) is 69.0 Å².